The fourth-order valence-electron chi connectivity index (χ4n) is 2.85. The number of nitrogens with zero attached hydrogens (tertiary/aromatic N) is 2. The van der Waals surface area contributed by atoms with Gasteiger partial charge in [-0.3, -0.25) is 24.1 Å². The Kier molecular flexibility index (Phi) is 7.97. The highest BCUT2D eigenvalue weighted by Crippen LogP contribution is 2.32. The zero-order chi connectivity index (χ0) is 22.4. The van der Waals surface area contributed by atoms with Gasteiger partial charge in [0.1, 0.15) is 18.5 Å². The quantitative estimate of drug-likeness (QED) is 0.414. The maximum atomic E-state index is 12.9. The molecule has 1 saturated heterocycles. The first-order valence-corrected chi connectivity index (χ1v) is 9.94. The fraction of sp³-hybridized carbons (Fsp3) is 0.389. The summed E-state index contributed by atoms with van der Waals surface area (Å²) in [6.07, 6.45) is -0.612. The number of benzene rings is 1. The van der Waals surface area contributed by atoms with Crippen molar-refractivity contribution >= 4 is 58.0 Å². The van der Waals surface area contributed by atoms with Gasteiger partial charge in [-0.15, -0.1) is 0 Å². The van der Waals surface area contributed by atoms with Crippen molar-refractivity contribution < 1.29 is 33.8 Å². The lowest BCUT2D eigenvalue weighted by molar-refractivity contribution is -0.141. The molecule has 162 valence electrons. The van der Waals surface area contributed by atoms with Gasteiger partial charge in [0.15, 0.2) is 0 Å². The summed E-state index contributed by atoms with van der Waals surface area (Å²) in [6.45, 7) is 0.827. The number of ether oxygens (including phenoxy) is 1. The molecule has 1 atom stereocenters. The molecule has 1 aromatic carbocycles. The minimum absolute atomic E-state index is 0.0283. The van der Waals surface area contributed by atoms with E-state index >= 15 is 0 Å². The van der Waals surface area contributed by atoms with Gasteiger partial charge in [-0.25, -0.2) is 9.69 Å². The Morgan fingerprint density at radius 2 is 2.00 bits per heavy atom. The topological polar surface area (TPSA) is 145 Å². The molecule has 1 fully saturated rings. The molecule has 1 heterocycles. The summed E-state index contributed by atoms with van der Waals surface area (Å²) in [5, 5.41) is 13.5. The van der Waals surface area contributed by atoms with Gasteiger partial charge in [-0.2, -0.15) is 0 Å². The van der Waals surface area contributed by atoms with Crippen molar-refractivity contribution in [1.29, 1.82) is 0 Å². The molecule has 0 radical (unpaired) electrons. The number of hydrogen-bond donors (Lipinski definition) is 3. The molecule has 30 heavy (non-hydrogen) atoms. The molecule has 5 amide bonds. The van der Waals surface area contributed by atoms with Crippen molar-refractivity contribution in [3.8, 4) is 5.75 Å². The van der Waals surface area contributed by atoms with E-state index in [-0.39, 0.29) is 13.0 Å². The molecule has 12 heteroatoms. The monoisotopic (exact) mass is 532 g/mol. The van der Waals surface area contributed by atoms with Crippen molar-refractivity contribution in [2.24, 2.45) is 0 Å². The van der Waals surface area contributed by atoms with Gasteiger partial charge in [0.05, 0.1) is 19.2 Å². The highest BCUT2D eigenvalue weighted by molar-refractivity contribution is 14.1. The predicted molar refractivity (Wildman–Crippen MR) is 113 cm³/mol. The Morgan fingerprint density at radius 3 is 2.60 bits per heavy atom. The smallest absolute Gasteiger partial charge is 0.332 e. The zero-order valence-corrected chi connectivity index (χ0v) is 18.5. The Labute approximate surface area is 185 Å². The molecule has 0 bridgehead atoms. The SMILES string of the molecule is COc1ccc(I)cc1N1CCC(=O)N(CNC(=O)C(CC(=O)O)NC(C)=O)C1=O. The Balaban J connectivity index is 2.15. The van der Waals surface area contributed by atoms with Crippen LogP contribution in [0.2, 0.25) is 0 Å². The van der Waals surface area contributed by atoms with Crippen molar-refractivity contribution in [3.63, 3.8) is 0 Å². The number of urea groups is 1. The molecule has 0 aliphatic carbocycles. The Bertz CT molecular complexity index is 860. The fourth-order valence-corrected chi connectivity index (χ4v) is 3.33. The van der Waals surface area contributed by atoms with Crippen LogP contribution in [0.25, 0.3) is 0 Å². The van der Waals surface area contributed by atoms with Crippen LogP contribution < -0.4 is 20.3 Å². The normalized spacial score (nSPS) is 14.9. The number of nitrogens with one attached hydrogen (secondary N) is 2. The van der Waals surface area contributed by atoms with Crippen molar-refractivity contribution in [3.05, 3.63) is 21.8 Å². The van der Waals surface area contributed by atoms with Crippen molar-refractivity contribution in [2.75, 3.05) is 25.2 Å². The summed E-state index contributed by atoms with van der Waals surface area (Å²) in [4.78, 5) is 61.8. The average molecular weight is 532 g/mol. The van der Waals surface area contributed by atoms with E-state index in [2.05, 4.69) is 33.2 Å². The molecule has 1 aromatic rings. The van der Waals surface area contributed by atoms with Gasteiger partial charge in [0, 0.05) is 23.5 Å². The summed E-state index contributed by atoms with van der Waals surface area (Å²) in [5.41, 5.74) is 0.486. The highest BCUT2D eigenvalue weighted by atomic mass is 127. The first-order chi connectivity index (χ1) is 14.1. The summed E-state index contributed by atoms with van der Waals surface area (Å²) < 4.78 is 6.16. The first kappa shape index (κ1) is 23.4. The number of anilines is 1. The number of carboxylic acid groups (broad SMARTS) is 1. The van der Waals surface area contributed by atoms with E-state index < -0.39 is 48.9 Å². The van der Waals surface area contributed by atoms with Crippen LogP contribution in [-0.2, 0) is 19.2 Å². The number of amides is 5. The number of carbonyl (C=O) groups is 5. The minimum Gasteiger partial charge on any atom is -0.495 e. The van der Waals surface area contributed by atoms with Crippen LogP contribution in [0.5, 0.6) is 5.75 Å². The zero-order valence-electron chi connectivity index (χ0n) is 16.3. The van der Waals surface area contributed by atoms with E-state index in [0.29, 0.717) is 11.4 Å². The number of imide groups is 1. The summed E-state index contributed by atoms with van der Waals surface area (Å²) in [7, 11) is 1.47. The van der Waals surface area contributed by atoms with Crippen LogP contribution in [0, 0.1) is 3.57 Å². The third kappa shape index (κ3) is 5.81. The van der Waals surface area contributed by atoms with Crippen molar-refractivity contribution in [2.45, 2.75) is 25.8 Å². The second-order valence-electron chi connectivity index (χ2n) is 6.37. The minimum atomic E-state index is -1.33. The first-order valence-electron chi connectivity index (χ1n) is 8.86. The molecule has 1 aliphatic heterocycles. The van der Waals surface area contributed by atoms with Crippen LogP contribution in [-0.4, -0.2) is 66.1 Å². The van der Waals surface area contributed by atoms with E-state index in [0.717, 1.165) is 15.4 Å². The predicted octanol–water partition coefficient (Wildman–Crippen LogP) is 0.512. The molecule has 0 aromatic heterocycles. The number of rotatable bonds is 8. The Morgan fingerprint density at radius 1 is 1.30 bits per heavy atom. The largest absolute Gasteiger partial charge is 0.495 e. The van der Waals surface area contributed by atoms with Crippen LogP contribution in [0.4, 0.5) is 10.5 Å². The van der Waals surface area contributed by atoms with E-state index in [1.165, 1.54) is 12.0 Å². The molecule has 1 unspecified atom stereocenters. The number of aliphatic carboxylic acids is 1. The maximum Gasteiger partial charge on any atom is 0.332 e. The molecular formula is C18H21IN4O7. The van der Waals surface area contributed by atoms with Crippen LogP contribution in [0.3, 0.4) is 0 Å². The van der Waals surface area contributed by atoms with Gasteiger partial charge >= 0.3 is 12.0 Å². The third-order valence-corrected chi connectivity index (χ3v) is 4.90. The number of hydrogen-bond acceptors (Lipinski definition) is 6. The second-order valence-corrected chi connectivity index (χ2v) is 7.62. The van der Waals surface area contributed by atoms with Gasteiger partial charge in [-0.1, -0.05) is 0 Å². The van der Waals surface area contributed by atoms with Gasteiger partial charge in [0.2, 0.25) is 17.7 Å². The van der Waals surface area contributed by atoms with Crippen molar-refractivity contribution in [1.82, 2.24) is 15.5 Å². The molecule has 3 N–H and O–H groups in total. The van der Waals surface area contributed by atoms with Gasteiger partial charge < -0.3 is 20.5 Å². The molecule has 1 aliphatic rings. The summed E-state index contributed by atoms with van der Waals surface area (Å²) in [5.74, 6) is -2.73. The van der Waals surface area contributed by atoms with Crippen LogP contribution in [0.15, 0.2) is 18.2 Å². The average Bonchev–Trinajstić information content (AvgIpc) is 2.66. The van der Waals surface area contributed by atoms with Crippen LogP contribution >= 0.6 is 22.6 Å². The number of carbonyl (C=O) groups excluding carboxylic acids is 4. The van der Waals surface area contributed by atoms with E-state index in [4.69, 9.17) is 9.84 Å². The van der Waals surface area contributed by atoms with E-state index in [9.17, 15) is 24.0 Å². The third-order valence-electron chi connectivity index (χ3n) is 4.23. The Hall–Kier alpha value is -2.90. The second kappa shape index (κ2) is 10.2. The molecule has 11 nitrogen and oxygen atoms in total. The number of methoxy groups -OCH3 is 1. The lowest BCUT2D eigenvalue weighted by Gasteiger charge is -2.35. The molecule has 0 spiro atoms. The summed E-state index contributed by atoms with van der Waals surface area (Å²) >= 11 is 2.09. The number of carboxylic acids is 1. The highest BCUT2D eigenvalue weighted by Gasteiger charge is 2.35. The number of halogens is 1. The van der Waals surface area contributed by atoms with E-state index in [1.807, 2.05) is 6.07 Å². The standard InChI is InChI=1S/C18H21IN4O7/c1-10(24)21-12(8-16(26)27)17(28)20-9-23-15(25)5-6-22(18(23)29)13-7-11(19)3-4-14(13)30-2/h3-4,7,12H,5-6,8-9H2,1-2H3,(H,20,28)(H,21,24)(H,26,27). The van der Waals surface area contributed by atoms with Gasteiger partial charge in [0.25, 0.3) is 0 Å². The lowest BCUT2D eigenvalue weighted by Crippen LogP contribution is -2.57. The lowest BCUT2D eigenvalue weighted by atomic mass is 10.2. The molecule has 0 saturated carbocycles. The van der Waals surface area contributed by atoms with Gasteiger partial charge in [-0.05, 0) is 40.8 Å². The van der Waals surface area contributed by atoms with Crippen LogP contribution in [0.1, 0.15) is 19.8 Å². The molecule has 2 rings (SSSR count). The maximum absolute atomic E-state index is 12.9. The van der Waals surface area contributed by atoms with E-state index in [1.54, 1.807) is 12.1 Å². The molecular weight excluding hydrogens is 511 g/mol. The summed E-state index contributed by atoms with van der Waals surface area (Å²) in [6, 6.07) is 3.27.